The van der Waals surface area contributed by atoms with Crippen molar-refractivity contribution in [3.05, 3.63) is 48.5 Å². The number of hydrogen-bond acceptors (Lipinski definition) is 4. The van der Waals surface area contributed by atoms with Gasteiger partial charge in [0.1, 0.15) is 5.75 Å². The second-order valence-electron chi connectivity index (χ2n) is 4.85. The number of rotatable bonds is 7. The summed E-state index contributed by atoms with van der Waals surface area (Å²) in [7, 11) is 1.64. The summed E-state index contributed by atoms with van der Waals surface area (Å²) in [5, 5.41) is 2.85. The van der Waals surface area contributed by atoms with Crippen LogP contribution in [0, 0.1) is 0 Å². The first-order valence-corrected chi connectivity index (χ1v) is 9.34. The first-order chi connectivity index (χ1) is 11.1. The van der Waals surface area contributed by atoms with E-state index in [-0.39, 0.29) is 11.2 Å². The van der Waals surface area contributed by atoms with Crippen molar-refractivity contribution in [1.82, 2.24) is 0 Å². The molecule has 0 saturated carbocycles. The van der Waals surface area contributed by atoms with Crippen molar-refractivity contribution in [2.75, 3.05) is 18.2 Å². The lowest BCUT2D eigenvalue weighted by atomic mass is 10.3. The number of carbonyl (C=O) groups is 1. The minimum Gasteiger partial charge on any atom is -0.497 e. The van der Waals surface area contributed by atoms with Crippen LogP contribution in [-0.4, -0.2) is 24.0 Å². The molecule has 1 N–H and O–H groups in total. The Morgan fingerprint density at radius 2 is 1.87 bits per heavy atom. The van der Waals surface area contributed by atoms with Crippen LogP contribution in [0.3, 0.4) is 0 Å². The SMILES string of the molecule is CCSc1ccccc1NC(=O)C(C)Sc1ccc(OC)cc1. The molecule has 1 atom stereocenters. The zero-order chi connectivity index (χ0) is 16.7. The lowest BCUT2D eigenvalue weighted by Gasteiger charge is -2.14. The molecule has 1 amide bonds. The smallest absolute Gasteiger partial charge is 0.237 e. The van der Waals surface area contributed by atoms with Gasteiger partial charge in [-0.1, -0.05) is 19.1 Å². The Morgan fingerprint density at radius 3 is 2.52 bits per heavy atom. The van der Waals surface area contributed by atoms with E-state index in [2.05, 4.69) is 12.2 Å². The average Bonchev–Trinajstić information content (AvgIpc) is 2.57. The fourth-order valence-corrected chi connectivity index (χ4v) is 3.63. The van der Waals surface area contributed by atoms with Gasteiger partial charge in [0.2, 0.25) is 5.91 Å². The highest BCUT2D eigenvalue weighted by Crippen LogP contribution is 2.29. The van der Waals surface area contributed by atoms with Gasteiger partial charge in [-0.3, -0.25) is 4.79 Å². The number of nitrogens with one attached hydrogen (secondary N) is 1. The number of benzene rings is 2. The molecule has 1 unspecified atom stereocenters. The summed E-state index contributed by atoms with van der Waals surface area (Å²) in [4.78, 5) is 14.6. The van der Waals surface area contributed by atoms with Crippen molar-refractivity contribution in [3.8, 4) is 5.75 Å². The fourth-order valence-electron chi connectivity index (χ4n) is 2.00. The van der Waals surface area contributed by atoms with Crippen molar-refractivity contribution in [1.29, 1.82) is 0 Å². The Kier molecular flexibility index (Phi) is 6.86. The molecule has 122 valence electrons. The van der Waals surface area contributed by atoms with Gasteiger partial charge >= 0.3 is 0 Å². The second kappa shape index (κ2) is 8.89. The normalized spacial score (nSPS) is 11.8. The monoisotopic (exact) mass is 347 g/mol. The standard InChI is InChI=1S/C18H21NO2S2/c1-4-22-17-8-6-5-7-16(17)19-18(20)13(2)23-15-11-9-14(21-3)10-12-15/h5-13H,4H2,1-3H3,(H,19,20). The molecule has 23 heavy (non-hydrogen) atoms. The summed E-state index contributed by atoms with van der Waals surface area (Å²) in [5.41, 5.74) is 0.881. The molecule has 0 aliphatic carbocycles. The fraction of sp³-hybridized carbons (Fsp3) is 0.278. The van der Waals surface area contributed by atoms with Crippen LogP contribution in [0.15, 0.2) is 58.3 Å². The molecule has 0 bridgehead atoms. The minimum absolute atomic E-state index is 0.00923. The van der Waals surface area contributed by atoms with E-state index < -0.39 is 0 Å². The highest BCUT2D eigenvalue weighted by atomic mass is 32.2. The molecule has 2 aromatic carbocycles. The molecule has 0 spiro atoms. The molecule has 0 aliphatic heterocycles. The number of para-hydroxylation sites is 1. The summed E-state index contributed by atoms with van der Waals surface area (Å²) in [6.45, 7) is 4.02. The third-order valence-electron chi connectivity index (χ3n) is 3.19. The van der Waals surface area contributed by atoms with Crippen LogP contribution in [-0.2, 0) is 4.79 Å². The van der Waals surface area contributed by atoms with E-state index in [1.54, 1.807) is 18.9 Å². The molecule has 0 aliphatic rings. The maximum atomic E-state index is 12.4. The van der Waals surface area contributed by atoms with Gasteiger partial charge in [0, 0.05) is 9.79 Å². The third kappa shape index (κ3) is 5.22. The Balaban J connectivity index is 1.99. The molecule has 0 heterocycles. The maximum Gasteiger partial charge on any atom is 0.237 e. The van der Waals surface area contributed by atoms with Gasteiger partial charge in [0.15, 0.2) is 0 Å². The number of methoxy groups -OCH3 is 1. The molecule has 3 nitrogen and oxygen atoms in total. The molecular formula is C18H21NO2S2. The number of thioether (sulfide) groups is 2. The predicted molar refractivity (Wildman–Crippen MR) is 99.8 cm³/mol. The van der Waals surface area contributed by atoms with Crippen molar-refractivity contribution < 1.29 is 9.53 Å². The van der Waals surface area contributed by atoms with E-state index in [0.29, 0.717) is 0 Å². The molecule has 0 saturated heterocycles. The van der Waals surface area contributed by atoms with Gasteiger partial charge in [-0.15, -0.1) is 23.5 Å². The molecule has 0 radical (unpaired) electrons. The van der Waals surface area contributed by atoms with Gasteiger partial charge in [0.05, 0.1) is 18.0 Å². The zero-order valence-electron chi connectivity index (χ0n) is 13.5. The van der Waals surface area contributed by atoms with E-state index in [9.17, 15) is 4.79 Å². The van der Waals surface area contributed by atoms with E-state index in [4.69, 9.17) is 4.74 Å². The lowest BCUT2D eigenvalue weighted by molar-refractivity contribution is -0.115. The van der Waals surface area contributed by atoms with Gasteiger partial charge in [-0.25, -0.2) is 0 Å². The molecule has 5 heteroatoms. The average molecular weight is 348 g/mol. The number of carbonyl (C=O) groups excluding carboxylic acids is 1. The highest BCUT2D eigenvalue weighted by Gasteiger charge is 2.16. The highest BCUT2D eigenvalue weighted by molar-refractivity contribution is 8.00. The molecule has 2 aromatic rings. The van der Waals surface area contributed by atoms with Crippen LogP contribution in [0.5, 0.6) is 5.75 Å². The topological polar surface area (TPSA) is 38.3 Å². The van der Waals surface area contributed by atoms with E-state index in [1.165, 1.54) is 11.8 Å². The first-order valence-electron chi connectivity index (χ1n) is 7.47. The summed E-state index contributed by atoms with van der Waals surface area (Å²) < 4.78 is 5.15. The molecule has 0 fully saturated rings. The van der Waals surface area contributed by atoms with Crippen LogP contribution >= 0.6 is 23.5 Å². The second-order valence-corrected chi connectivity index (χ2v) is 7.57. The van der Waals surface area contributed by atoms with Gasteiger partial charge < -0.3 is 10.1 Å². The van der Waals surface area contributed by atoms with Crippen LogP contribution in [0.4, 0.5) is 5.69 Å². The van der Waals surface area contributed by atoms with Gasteiger partial charge in [0.25, 0.3) is 0 Å². The summed E-state index contributed by atoms with van der Waals surface area (Å²) >= 11 is 3.26. The maximum absolute atomic E-state index is 12.4. The Hall–Kier alpha value is -1.59. The molecular weight excluding hydrogens is 326 g/mol. The molecule has 0 aromatic heterocycles. The van der Waals surface area contributed by atoms with Crippen LogP contribution < -0.4 is 10.1 Å². The van der Waals surface area contributed by atoms with Gasteiger partial charge in [-0.05, 0) is 49.1 Å². The Bertz CT molecular complexity index is 644. The van der Waals surface area contributed by atoms with E-state index in [0.717, 1.165) is 27.0 Å². The number of ether oxygens (including phenoxy) is 1. The lowest BCUT2D eigenvalue weighted by Crippen LogP contribution is -2.22. The van der Waals surface area contributed by atoms with Crippen molar-refractivity contribution >= 4 is 35.1 Å². The van der Waals surface area contributed by atoms with Crippen molar-refractivity contribution in [2.45, 2.75) is 28.9 Å². The summed E-state index contributed by atoms with van der Waals surface area (Å²) in [6, 6.07) is 15.6. The van der Waals surface area contributed by atoms with Crippen molar-refractivity contribution in [3.63, 3.8) is 0 Å². The number of amides is 1. The minimum atomic E-state index is -0.178. The molecule has 2 rings (SSSR count). The summed E-state index contributed by atoms with van der Waals surface area (Å²) in [6.07, 6.45) is 0. The van der Waals surface area contributed by atoms with Crippen LogP contribution in [0.1, 0.15) is 13.8 Å². The quantitative estimate of drug-likeness (QED) is 0.721. The Labute approximate surface area is 146 Å². The first kappa shape index (κ1) is 17.8. The summed E-state index contributed by atoms with van der Waals surface area (Å²) in [5.74, 6) is 1.80. The number of hydrogen-bond donors (Lipinski definition) is 1. The Morgan fingerprint density at radius 1 is 1.17 bits per heavy atom. The third-order valence-corrected chi connectivity index (χ3v) is 5.25. The van der Waals surface area contributed by atoms with Crippen molar-refractivity contribution in [2.24, 2.45) is 0 Å². The number of anilines is 1. The van der Waals surface area contributed by atoms with Gasteiger partial charge in [-0.2, -0.15) is 0 Å². The zero-order valence-corrected chi connectivity index (χ0v) is 15.2. The van der Waals surface area contributed by atoms with Crippen LogP contribution in [0.2, 0.25) is 0 Å². The van der Waals surface area contributed by atoms with E-state index in [1.807, 2.05) is 55.5 Å². The predicted octanol–water partition coefficient (Wildman–Crippen LogP) is 4.93. The van der Waals surface area contributed by atoms with E-state index >= 15 is 0 Å². The largest absolute Gasteiger partial charge is 0.497 e. The van der Waals surface area contributed by atoms with Crippen LogP contribution in [0.25, 0.3) is 0 Å².